The highest BCUT2D eigenvalue weighted by Crippen LogP contribution is 2.33. The third-order valence-corrected chi connectivity index (χ3v) is 6.55. The molecule has 0 radical (unpaired) electrons. The van der Waals surface area contributed by atoms with Crippen LogP contribution in [0.4, 0.5) is 4.39 Å². The Morgan fingerprint density at radius 1 is 1.04 bits per heavy atom. The lowest BCUT2D eigenvalue weighted by Gasteiger charge is -2.48. The molecule has 24 heavy (non-hydrogen) atoms. The average Bonchev–Trinajstić information content (AvgIpc) is 2.62. The van der Waals surface area contributed by atoms with Gasteiger partial charge in [-0.2, -0.15) is 0 Å². The Morgan fingerprint density at radius 3 is 2.33 bits per heavy atom. The number of fused-ring (bicyclic) bond motifs is 3. The first-order chi connectivity index (χ1) is 11.6. The van der Waals surface area contributed by atoms with Gasteiger partial charge in [0, 0.05) is 51.9 Å². The maximum absolute atomic E-state index is 14.3. The molecule has 0 spiro atoms. The van der Waals surface area contributed by atoms with Crippen LogP contribution in [0.25, 0.3) is 0 Å². The lowest BCUT2D eigenvalue weighted by Crippen LogP contribution is -2.66. The van der Waals surface area contributed by atoms with Gasteiger partial charge >= 0.3 is 0 Å². The molecule has 5 saturated heterocycles. The van der Waals surface area contributed by atoms with Crippen molar-refractivity contribution in [2.75, 3.05) is 58.9 Å². The van der Waals surface area contributed by atoms with Crippen LogP contribution in [-0.2, 0) is 4.79 Å². The number of nitrogens with two attached hydrogens (primary N) is 1. The molecule has 0 aliphatic carbocycles. The number of carbonyl (C=O) groups is 1. The number of hydrogen-bond donors (Lipinski definition) is 2. The Morgan fingerprint density at radius 2 is 1.75 bits per heavy atom. The van der Waals surface area contributed by atoms with Crippen LogP contribution in [0.2, 0.25) is 0 Å². The fourth-order valence-corrected chi connectivity index (χ4v) is 5.12. The molecule has 0 aromatic rings. The van der Waals surface area contributed by atoms with E-state index in [-0.39, 0.29) is 18.0 Å². The van der Waals surface area contributed by atoms with Crippen molar-refractivity contribution in [3.05, 3.63) is 0 Å². The summed E-state index contributed by atoms with van der Waals surface area (Å²) >= 11 is 0. The van der Waals surface area contributed by atoms with E-state index >= 15 is 0 Å². The Bertz CT molecular complexity index is 452. The molecule has 3 N–H and O–H groups in total. The van der Waals surface area contributed by atoms with Gasteiger partial charge in [0.2, 0.25) is 5.91 Å². The normalized spacial score (nSPS) is 43.8. The van der Waals surface area contributed by atoms with Crippen LogP contribution in [0.3, 0.4) is 0 Å². The molecule has 5 aliphatic heterocycles. The van der Waals surface area contributed by atoms with E-state index in [9.17, 15) is 9.18 Å². The summed E-state index contributed by atoms with van der Waals surface area (Å²) in [5.74, 6) is 1.10. The topological polar surface area (TPSA) is 64.8 Å². The van der Waals surface area contributed by atoms with E-state index in [1.165, 1.54) is 12.8 Å². The van der Waals surface area contributed by atoms with E-state index in [2.05, 4.69) is 15.1 Å². The molecule has 6 nitrogen and oxygen atoms in total. The predicted molar refractivity (Wildman–Crippen MR) is 90.3 cm³/mol. The van der Waals surface area contributed by atoms with Crippen molar-refractivity contribution < 1.29 is 9.18 Å². The van der Waals surface area contributed by atoms with E-state index in [0.29, 0.717) is 38.0 Å². The van der Waals surface area contributed by atoms with Gasteiger partial charge in [-0.3, -0.25) is 9.69 Å². The van der Waals surface area contributed by atoms with Crippen LogP contribution >= 0.6 is 0 Å². The van der Waals surface area contributed by atoms with Gasteiger partial charge in [-0.05, 0) is 31.8 Å². The standard InChI is InChI=1S/C17H30FN5O/c18-14-9-20-10-15(19)16(14)22-5-7-23(8-6-22)17(24)13-11-21-3-1-12(13)2-4-21/h12-16,20H,1-11,19H2. The van der Waals surface area contributed by atoms with E-state index in [4.69, 9.17) is 5.73 Å². The summed E-state index contributed by atoms with van der Waals surface area (Å²) in [6.07, 6.45) is 1.42. The summed E-state index contributed by atoms with van der Waals surface area (Å²) < 4.78 is 14.3. The third-order valence-electron chi connectivity index (χ3n) is 6.55. The van der Waals surface area contributed by atoms with Crippen molar-refractivity contribution >= 4 is 5.91 Å². The predicted octanol–water partition coefficient (Wildman–Crippen LogP) is -0.890. The lowest BCUT2D eigenvalue weighted by molar-refractivity contribution is -0.144. The van der Waals surface area contributed by atoms with Crippen LogP contribution in [0.15, 0.2) is 0 Å². The van der Waals surface area contributed by atoms with Crippen LogP contribution in [-0.4, -0.2) is 97.8 Å². The fourth-order valence-electron chi connectivity index (χ4n) is 5.12. The molecule has 4 unspecified atom stereocenters. The zero-order valence-electron chi connectivity index (χ0n) is 14.4. The average molecular weight is 339 g/mol. The first kappa shape index (κ1) is 16.7. The van der Waals surface area contributed by atoms with Crippen molar-refractivity contribution in [2.24, 2.45) is 17.6 Å². The maximum atomic E-state index is 14.3. The second-order valence-electron chi connectivity index (χ2n) is 7.93. The first-order valence-corrected chi connectivity index (χ1v) is 9.49. The number of piperidine rings is 4. The minimum atomic E-state index is -0.919. The largest absolute Gasteiger partial charge is 0.340 e. The molecule has 2 bridgehead atoms. The monoisotopic (exact) mass is 339 g/mol. The van der Waals surface area contributed by atoms with Gasteiger partial charge in [0.15, 0.2) is 0 Å². The van der Waals surface area contributed by atoms with Gasteiger partial charge in [0.1, 0.15) is 6.17 Å². The number of amides is 1. The molecule has 7 heteroatoms. The number of carbonyl (C=O) groups excluding carboxylic acids is 1. The van der Waals surface area contributed by atoms with E-state index in [0.717, 1.165) is 32.7 Å². The summed E-state index contributed by atoms with van der Waals surface area (Å²) in [4.78, 5) is 19.5. The third kappa shape index (κ3) is 3.07. The van der Waals surface area contributed by atoms with Crippen LogP contribution in [0.5, 0.6) is 0 Å². The quantitative estimate of drug-likeness (QED) is 0.683. The number of nitrogens with one attached hydrogen (secondary N) is 1. The van der Waals surface area contributed by atoms with Crippen LogP contribution in [0.1, 0.15) is 12.8 Å². The zero-order valence-corrected chi connectivity index (χ0v) is 14.4. The molecular formula is C17H30FN5O. The fraction of sp³-hybridized carbons (Fsp3) is 0.941. The number of rotatable bonds is 2. The molecule has 4 atom stereocenters. The van der Waals surface area contributed by atoms with Gasteiger partial charge in [0.25, 0.3) is 0 Å². The SMILES string of the molecule is NC1CNCC(F)C1N1CCN(C(=O)C2CN3CCC2CC3)CC1. The zero-order chi connectivity index (χ0) is 16.7. The minimum absolute atomic E-state index is 0.169. The molecule has 0 aromatic heterocycles. The van der Waals surface area contributed by atoms with E-state index in [1.807, 2.05) is 4.90 Å². The van der Waals surface area contributed by atoms with Gasteiger partial charge in [0.05, 0.1) is 12.0 Å². The summed E-state index contributed by atoms with van der Waals surface area (Å²) in [5.41, 5.74) is 6.12. The molecule has 136 valence electrons. The lowest BCUT2D eigenvalue weighted by atomic mass is 9.78. The molecule has 5 fully saturated rings. The second kappa shape index (κ2) is 6.86. The summed E-state index contributed by atoms with van der Waals surface area (Å²) in [5, 5.41) is 3.04. The Kier molecular flexibility index (Phi) is 4.77. The molecule has 0 saturated carbocycles. The molecule has 5 rings (SSSR count). The van der Waals surface area contributed by atoms with Crippen molar-refractivity contribution in [3.63, 3.8) is 0 Å². The molecule has 5 heterocycles. The molecule has 5 aliphatic rings. The van der Waals surface area contributed by atoms with Crippen molar-refractivity contribution in [3.8, 4) is 0 Å². The number of nitrogens with zero attached hydrogens (tertiary/aromatic N) is 3. The molecular weight excluding hydrogens is 309 g/mol. The first-order valence-electron chi connectivity index (χ1n) is 9.49. The van der Waals surface area contributed by atoms with Gasteiger partial charge in [-0.25, -0.2) is 4.39 Å². The Hall–Kier alpha value is -0.760. The summed E-state index contributed by atoms with van der Waals surface area (Å²) in [7, 11) is 0. The van der Waals surface area contributed by atoms with E-state index in [1.54, 1.807) is 0 Å². The van der Waals surface area contributed by atoms with Gasteiger partial charge in [-0.1, -0.05) is 0 Å². The van der Waals surface area contributed by atoms with Gasteiger partial charge < -0.3 is 20.9 Å². The van der Waals surface area contributed by atoms with Crippen molar-refractivity contribution in [2.45, 2.75) is 31.1 Å². The number of piperazine rings is 1. The highest BCUT2D eigenvalue weighted by Gasteiger charge is 2.42. The maximum Gasteiger partial charge on any atom is 0.227 e. The smallest absolute Gasteiger partial charge is 0.227 e. The minimum Gasteiger partial charge on any atom is -0.340 e. The van der Waals surface area contributed by atoms with Crippen molar-refractivity contribution in [1.29, 1.82) is 0 Å². The number of halogens is 1. The van der Waals surface area contributed by atoms with E-state index < -0.39 is 6.17 Å². The molecule has 0 aromatic carbocycles. The summed E-state index contributed by atoms with van der Waals surface area (Å²) in [6, 6.07) is -0.377. The van der Waals surface area contributed by atoms with Gasteiger partial charge in [-0.15, -0.1) is 0 Å². The number of alkyl halides is 1. The molecule has 1 amide bonds. The Balaban J connectivity index is 1.33. The van der Waals surface area contributed by atoms with Crippen LogP contribution < -0.4 is 11.1 Å². The highest BCUT2D eigenvalue weighted by atomic mass is 19.1. The van der Waals surface area contributed by atoms with Crippen molar-refractivity contribution in [1.82, 2.24) is 20.0 Å². The highest BCUT2D eigenvalue weighted by molar-refractivity contribution is 5.79. The van der Waals surface area contributed by atoms with Crippen LogP contribution in [0, 0.1) is 11.8 Å². The second-order valence-corrected chi connectivity index (χ2v) is 7.93. The Labute approximate surface area is 143 Å². The summed E-state index contributed by atoms with van der Waals surface area (Å²) in [6.45, 7) is 7.23. The number of hydrogen-bond acceptors (Lipinski definition) is 5.